The van der Waals surface area contributed by atoms with Crippen LogP contribution in [-0.4, -0.2) is 45.7 Å². The number of unbranched alkanes of at least 4 members (excludes halogenated alkanes) is 1. The van der Waals surface area contributed by atoms with E-state index in [0.29, 0.717) is 18.0 Å². The van der Waals surface area contributed by atoms with Gasteiger partial charge in [-0.2, -0.15) is 5.10 Å². The Kier molecular flexibility index (Phi) is 9.36. The van der Waals surface area contributed by atoms with Crippen molar-refractivity contribution in [3.63, 3.8) is 0 Å². The molecule has 38 heavy (non-hydrogen) atoms. The smallest absolute Gasteiger partial charge is 0.254 e. The molecule has 0 spiro atoms. The number of nitrogens with one attached hydrogen (secondary N) is 1. The van der Waals surface area contributed by atoms with Crippen LogP contribution in [-0.2, 0) is 10.2 Å². The van der Waals surface area contributed by atoms with Crippen molar-refractivity contribution in [2.45, 2.75) is 79.7 Å². The van der Waals surface area contributed by atoms with Crippen molar-refractivity contribution in [1.29, 1.82) is 0 Å². The van der Waals surface area contributed by atoms with E-state index in [2.05, 4.69) is 46.0 Å². The van der Waals surface area contributed by atoms with Gasteiger partial charge in [-0.25, -0.2) is 4.68 Å². The average molecular weight is 519 g/mol. The molecule has 0 bridgehead atoms. The summed E-state index contributed by atoms with van der Waals surface area (Å²) in [5.41, 5.74) is 4.33. The molecule has 0 aliphatic rings. The van der Waals surface area contributed by atoms with Crippen LogP contribution >= 0.6 is 0 Å². The summed E-state index contributed by atoms with van der Waals surface area (Å²) in [5.74, 6) is 0.837. The molecule has 0 aliphatic carbocycles. The summed E-state index contributed by atoms with van der Waals surface area (Å²) >= 11 is 0. The molecule has 0 saturated carbocycles. The SMILES string of the molecule is CCCCOc1ccc(C(=O)N(CC(=O)Nc2cc(C(C)(C)C)nn2-c2cccc(C)c2C)C(C)C)cc1. The van der Waals surface area contributed by atoms with E-state index >= 15 is 0 Å². The van der Waals surface area contributed by atoms with Gasteiger partial charge in [0, 0.05) is 23.1 Å². The molecule has 1 N–H and O–H groups in total. The first-order valence-electron chi connectivity index (χ1n) is 13.4. The number of carbonyl (C=O) groups is 2. The molecule has 7 nitrogen and oxygen atoms in total. The van der Waals surface area contributed by atoms with Crippen LogP contribution in [0.1, 0.15) is 81.6 Å². The second-order valence-corrected chi connectivity index (χ2v) is 11.1. The number of nitrogens with zero attached hydrogens (tertiary/aromatic N) is 3. The van der Waals surface area contributed by atoms with Crippen molar-refractivity contribution in [3.05, 3.63) is 70.9 Å². The number of aromatic nitrogens is 2. The highest BCUT2D eigenvalue weighted by Gasteiger charge is 2.25. The fraction of sp³-hybridized carbons (Fsp3) is 0.452. The molecule has 1 heterocycles. The normalized spacial score (nSPS) is 11.5. The van der Waals surface area contributed by atoms with Crippen LogP contribution in [0.25, 0.3) is 5.69 Å². The lowest BCUT2D eigenvalue weighted by molar-refractivity contribution is -0.117. The molecule has 0 aliphatic heterocycles. The highest BCUT2D eigenvalue weighted by atomic mass is 16.5. The second kappa shape index (κ2) is 12.3. The van der Waals surface area contributed by atoms with E-state index in [1.54, 1.807) is 33.8 Å². The topological polar surface area (TPSA) is 76.5 Å². The van der Waals surface area contributed by atoms with E-state index in [9.17, 15) is 9.59 Å². The van der Waals surface area contributed by atoms with Gasteiger partial charge in [-0.3, -0.25) is 9.59 Å². The lowest BCUT2D eigenvalue weighted by Crippen LogP contribution is -2.42. The highest BCUT2D eigenvalue weighted by molar-refractivity contribution is 5.99. The van der Waals surface area contributed by atoms with E-state index in [4.69, 9.17) is 9.84 Å². The van der Waals surface area contributed by atoms with Gasteiger partial charge in [0.05, 0.1) is 18.0 Å². The predicted octanol–water partition coefficient (Wildman–Crippen LogP) is 6.45. The number of anilines is 1. The molecular weight excluding hydrogens is 476 g/mol. The fourth-order valence-electron chi connectivity index (χ4n) is 4.01. The van der Waals surface area contributed by atoms with E-state index < -0.39 is 0 Å². The first-order valence-corrected chi connectivity index (χ1v) is 13.4. The van der Waals surface area contributed by atoms with Gasteiger partial charge < -0.3 is 15.0 Å². The lowest BCUT2D eigenvalue weighted by atomic mass is 9.92. The number of amides is 2. The molecule has 204 valence electrons. The average Bonchev–Trinajstić information content (AvgIpc) is 3.28. The Balaban J connectivity index is 1.82. The van der Waals surface area contributed by atoms with Crippen LogP contribution in [0.2, 0.25) is 0 Å². The van der Waals surface area contributed by atoms with E-state index in [1.807, 2.05) is 39.0 Å². The summed E-state index contributed by atoms with van der Waals surface area (Å²) in [6.07, 6.45) is 2.04. The van der Waals surface area contributed by atoms with Crippen LogP contribution in [0.5, 0.6) is 5.75 Å². The maximum Gasteiger partial charge on any atom is 0.254 e. The van der Waals surface area contributed by atoms with Crippen molar-refractivity contribution in [2.75, 3.05) is 18.5 Å². The summed E-state index contributed by atoms with van der Waals surface area (Å²) in [6, 6.07) is 14.9. The van der Waals surface area contributed by atoms with Crippen molar-refractivity contribution in [1.82, 2.24) is 14.7 Å². The van der Waals surface area contributed by atoms with Gasteiger partial charge in [0.1, 0.15) is 18.1 Å². The Labute approximate surface area is 227 Å². The zero-order chi connectivity index (χ0) is 28.0. The van der Waals surface area contributed by atoms with Crippen LogP contribution in [0.4, 0.5) is 5.82 Å². The molecule has 0 unspecified atom stereocenters. The van der Waals surface area contributed by atoms with Crippen molar-refractivity contribution in [3.8, 4) is 11.4 Å². The summed E-state index contributed by atoms with van der Waals surface area (Å²) < 4.78 is 7.50. The largest absolute Gasteiger partial charge is 0.494 e. The Bertz CT molecular complexity index is 1250. The molecule has 0 atom stereocenters. The number of benzene rings is 2. The van der Waals surface area contributed by atoms with Gasteiger partial charge in [-0.05, 0) is 75.6 Å². The van der Waals surface area contributed by atoms with Crippen LogP contribution in [0, 0.1) is 13.8 Å². The molecule has 0 saturated heterocycles. The minimum atomic E-state index is -0.279. The van der Waals surface area contributed by atoms with Gasteiger partial charge in [-0.1, -0.05) is 46.2 Å². The van der Waals surface area contributed by atoms with Gasteiger partial charge >= 0.3 is 0 Å². The third-order valence-electron chi connectivity index (χ3n) is 6.62. The maximum atomic E-state index is 13.3. The number of rotatable bonds is 10. The number of aryl methyl sites for hydroxylation is 1. The standard InChI is InChI=1S/C31H42N4O3/c1-9-10-18-38-25-16-14-24(15-17-25)30(37)34(21(2)3)20-29(36)32-28-19-27(31(6,7)8)33-35(28)26-13-11-12-22(4)23(26)5/h11-17,19,21H,9-10,18,20H2,1-8H3,(H,32,36). The second-order valence-electron chi connectivity index (χ2n) is 11.1. The quantitative estimate of drug-likeness (QED) is 0.313. The third-order valence-corrected chi connectivity index (χ3v) is 6.62. The Hall–Kier alpha value is -3.61. The van der Waals surface area contributed by atoms with Crippen molar-refractivity contribution < 1.29 is 14.3 Å². The van der Waals surface area contributed by atoms with Gasteiger partial charge in [-0.15, -0.1) is 0 Å². The van der Waals surface area contributed by atoms with Crippen molar-refractivity contribution in [2.24, 2.45) is 0 Å². The predicted molar refractivity (Wildman–Crippen MR) is 153 cm³/mol. The summed E-state index contributed by atoms with van der Waals surface area (Å²) in [7, 11) is 0. The van der Waals surface area contributed by atoms with E-state index in [-0.39, 0.29) is 29.8 Å². The first-order chi connectivity index (χ1) is 17.9. The molecule has 3 rings (SSSR count). The van der Waals surface area contributed by atoms with Crippen LogP contribution in [0.15, 0.2) is 48.5 Å². The first kappa shape index (κ1) is 29.0. The Morgan fingerprint density at radius 2 is 1.76 bits per heavy atom. The molecule has 0 radical (unpaired) electrons. The maximum absolute atomic E-state index is 13.3. The molecular formula is C31H42N4O3. The highest BCUT2D eigenvalue weighted by Crippen LogP contribution is 2.28. The Morgan fingerprint density at radius 1 is 1.08 bits per heavy atom. The van der Waals surface area contributed by atoms with Gasteiger partial charge in [0.15, 0.2) is 0 Å². The summed E-state index contributed by atoms with van der Waals surface area (Å²) in [5, 5.41) is 7.87. The molecule has 2 amide bonds. The van der Waals surface area contributed by atoms with Crippen LogP contribution in [0.3, 0.4) is 0 Å². The van der Waals surface area contributed by atoms with Gasteiger partial charge in [0.25, 0.3) is 5.91 Å². The Morgan fingerprint density at radius 3 is 2.37 bits per heavy atom. The van der Waals surface area contributed by atoms with E-state index in [1.165, 1.54) is 0 Å². The van der Waals surface area contributed by atoms with Crippen molar-refractivity contribution >= 4 is 17.6 Å². The number of ether oxygens (including phenoxy) is 1. The molecule has 1 aromatic heterocycles. The number of carbonyl (C=O) groups excluding carboxylic acids is 2. The molecule has 0 fully saturated rings. The monoisotopic (exact) mass is 518 g/mol. The van der Waals surface area contributed by atoms with E-state index in [0.717, 1.165) is 41.1 Å². The number of hydrogen-bond acceptors (Lipinski definition) is 4. The molecule has 7 heteroatoms. The van der Waals surface area contributed by atoms with Crippen LogP contribution < -0.4 is 10.1 Å². The minimum Gasteiger partial charge on any atom is -0.494 e. The zero-order valence-corrected chi connectivity index (χ0v) is 24.1. The third kappa shape index (κ3) is 7.03. The number of hydrogen-bond donors (Lipinski definition) is 1. The summed E-state index contributed by atoms with van der Waals surface area (Å²) in [4.78, 5) is 28.2. The molecule has 2 aromatic carbocycles. The fourth-order valence-corrected chi connectivity index (χ4v) is 4.01. The zero-order valence-electron chi connectivity index (χ0n) is 24.1. The summed E-state index contributed by atoms with van der Waals surface area (Å²) in [6.45, 7) is 16.9. The molecule has 3 aromatic rings. The van der Waals surface area contributed by atoms with Gasteiger partial charge in [0.2, 0.25) is 5.91 Å². The minimum absolute atomic E-state index is 0.0753. The lowest BCUT2D eigenvalue weighted by Gasteiger charge is -2.26.